The van der Waals surface area contributed by atoms with Crippen molar-refractivity contribution in [2.45, 2.75) is 39.2 Å². The van der Waals surface area contributed by atoms with Gasteiger partial charge >= 0.3 is 5.97 Å². The molecule has 2 atom stereocenters. The van der Waals surface area contributed by atoms with Crippen molar-refractivity contribution in [1.82, 2.24) is 4.90 Å². The van der Waals surface area contributed by atoms with Crippen LogP contribution in [0.2, 0.25) is 0 Å². The van der Waals surface area contributed by atoms with Gasteiger partial charge in [-0.05, 0) is 29.7 Å². The van der Waals surface area contributed by atoms with Crippen molar-refractivity contribution in [2.24, 2.45) is 5.92 Å². The molecule has 0 aliphatic carbocycles. The summed E-state index contributed by atoms with van der Waals surface area (Å²) >= 11 is 0. The second-order valence-electron chi connectivity index (χ2n) is 5.97. The number of unbranched alkanes of at least 4 members (excludes halogenated alkanes) is 1. The van der Waals surface area contributed by atoms with Crippen molar-refractivity contribution in [3.05, 3.63) is 29.3 Å². The van der Waals surface area contributed by atoms with E-state index >= 15 is 0 Å². The highest BCUT2D eigenvalue weighted by Gasteiger charge is 2.40. The Balaban J connectivity index is 2.46. The summed E-state index contributed by atoms with van der Waals surface area (Å²) in [5.41, 5.74) is 2.04. The number of fused-ring (bicyclic) bond motifs is 1. The first kappa shape index (κ1) is 17.3. The first-order valence-electron chi connectivity index (χ1n) is 8.06. The molecule has 1 aromatic carbocycles. The highest BCUT2D eigenvalue weighted by molar-refractivity contribution is 5.99. The minimum atomic E-state index is -0.786. The molecule has 5 nitrogen and oxygen atoms in total. The molecule has 0 aromatic heterocycles. The van der Waals surface area contributed by atoms with E-state index < -0.39 is 11.9 Å². The first-order valence-corrected chi connectivity index (χ1v) is 8.06. The summed E-state index contributed by atoms with van der Waals surface area (Å²) in [5.74, 6) is -0.857. The molecule has 23 heavy (non-hydrogen) atoms. The third-order valence-electron chi connectivity index (χ3n) is 4.52. The number of esters is 1. The van der Waals surface area contributed by atoms with Gasteiger partial charge in [-0.1, -0.05) is 26.3 Å². The summed E-state index contributed by atoms with van der Waals surface area (Å²) in [4.78, 5) is 26.8. The average molecular weight is 319 g/mol. The highest BCUT2D eigenvalue weighted by Crippen LogP contribution is 2.35. The maximum atomic E-state index is 12.9. The normalized spacial score (nSPS) is 20.7. The van der Waals surface area contributed by atoms with Gasteiger partial charge in [0.05, 0.1) is 14.2 Å². The van der Waals surface area contributed by atoms with Gasteiger partial charge in [-0.2, -0.15) is 0 Å². The summed E-state index contributed by atoms with van der Waals surface area (Å²) in [7, 11) is 2.96. The maximum Gasteiger partial charge on any atom is 0.318 e. The average Bonchev–Trinajstić information content (AvgIpc) is 2.67. The van der Waals surface area contributed by atoms with Gasteiger partial charge in [0, 0.05) is 19.0 Å². The van der Waals surface area contributed by atoms with Crippen molar-refractivity contribution >= 4 is 11.9 Å². The number of amides is 1. The van der Waals surface area contributed by atoms with Gasteiger partial charge in [0.2, 0.25) is 5.91 Å². The van der Waals surface area contributed by atoms with Crippen LogP contribution in [0.3, 0.4) is 0 Å². The molecule has 0 N–H and O–H groups in total. The minimum absolute atomic E-state index is 0.145. The second kappa shape index (κ2) is 7.49. The molecule has 5 heteroatoms. The Morgan fingerprint density at radius 1 is 1.35 bits per heavy atom. The van der Waals surface area contributed by atoms with Crippen LogP contribution in [-0.2, 0) is 20.9 Å². The molecule has 126 valence electrons. The van der Waals surface area contributed by atoms with Crippen LogP contribution in [0.25, 0.3) is 0 Å². The Morgan fingerprint density at radius 2 is 2.09 bits per heavy atom. The summed E-state index contributed by atoms with van der Waals surface area (Å²) in [6.07, 6.45) is 1.90. The highest BCUT2D eigenvalue weighted by atomic mass is 16.5. The molecule has 1 aliphatic rings. The van der Waals surface area contributed by atoms with Gasteiger partial charge in [-0.3, -0.25) is 9.59 Å². The number of nitrogens with zero attached hydrogens (tertiary/aromatic N) is 1. The number of carbonyl (C=O) groups is 2. The molecule has 1 aliphatic heterocycles. The monoisotopic (exact) mass is 319 g/mol. The lowest BCUT2D eigenvalue weighted by Crippen LogP contribution is -2.40. The lowest BCUT2D eigenvalue weighted by atomic mass is 9.85. The van der Waals surface area contributed by atoms with Gasteiger partial charge < -0.3 is 14.4 Å². The number of hydrogen-bond donors (Lipinski definition) is 0. The van der Waals surface area contributed by atoms with E-state index in [1.807, 2.05) is 25.1 Å². The molecular formula is C18H25NO4. The third-order valence-corrected chi connectivity index (χ3v) is 4.52. The number of carbonyl (C=O) groups excluding carboxylic acids is 2. The van der Waals surface area contributed by atoms with E-state index in [4.69, 9.17) is 9.47 Å². The van der Waals surface area contributed by atoms with Gasteiger partial charge in [0.1, 0.15) is 11.7 Å². The van der Waals surface area contributed by atoms with Gasteiger partial charge in [0.15, 0.2) is 0 Å². The zero-order valence-electron chi connectivity index (χ0n) is 14.3. The fraction of sp³-hybridized carbons (Fsp3) is 0.556. The van der Waals surface area contributed by atoms with E-state index in [9.17, 15) is 9.59 Å². The van der Waals surface area contributed by atoms with Crippen LogP contribution in [0, 0.1) is 5.92 Å². The SMILES string of the molecule is CCCCN1Cc2cc(OC)ccc2C(C)C(C(=O)OC)C1=O. The standard InChI is InChI=1S/C18H25NO4/c1-5-6-9-19-11-13-10-14(22-3)7-8-15(13)12(2)16(17(19)20)18(21)23-4/h7-8,10,12,16H,5-6,9,11H2,1-4H3. The zero-order valence-corrected chi connectivity index (χ0v) is 14.3. The van der Waals surface area contributed by atoms with E-state index in [0.29, 0.717) is 13.1 Å². The largest absolute Gasteiger partial charge is 0.497 e. The van der Waals surface area contributed by atoms with E-state index in [1.54, 1.807) is 12.0 Å². The summed E-state index contributed by atoms with van der Waals surface area (Å²) < 4.78 is 10.2. The van der Waals surface area contributed by atoms with E-state index in [-0.39, 0.29) is 11.8 Å². The molecule has 2 rings (SSSR count). The number of rotatable bonds is 5. The quantitative estimate of drug-likeness (QED) is 0.618. The fourth-order valence-electron chi connectivity index (χ4n) is 3.13. The van der Waals surface area contributed by atoms with Crippen molar-refractivity contribution in [1.29, 1.82) is 0 Å². The van der Waals surface area contributed by atoms with Crippen LogP contribution in [0.15, 0.2) is 18.2 Å². The molecule has 0 saturated carbocycles. The molecule has 0 saturated heterocycles. The number of hydrogen-bond acceptors (Lipinski definition) is 4. The zero-order chi connectivity index (χ0) is 17.0. The number of ether oxygens (including phenoxy) is 2. The van der Waals surface area contributed by atoms with Crippen LogP contribution in [0.4, 0.5) is 0 Å². The topological polar surface area (TPSA) is 55.8 Å². The summed E-state index contributed by atoms with van der Waals surface area (Å²) in [6, 6.07) is 5.78. The lowest BCUT2D eigenvalue weighted by molar-refractivity contribution is -0.154. The summed E-state index contributed by atoms with van der Waals surface area (Å²) in [6.45, 7) is 5.14. The first-order chi connectivity index (χ1) is 11.0. The van der Waals surface area contributed by atoms with Crippen molar-refractivity contribution in [3.63, 3.8) is 0 Å². The molecular weight excluding hydrogens is 294 g/mol. The second-order valence-corrected chi connectivity index (χ2v) is 5.97. The lowest BCUT2D eigenvalue weighted by Gasteiger charge is -2.24. The van der Waals surface area contributed by atoms with Gasteiger partial charge in [0.25, 0.3) is 0 Å². The van der Waals surface area contributed by atoms with Crippen molar-refractivity contribution in [2.75, 3.05) is 20.8 Å². The number of methoxy groups -OCH3 is 2. The van der Waals surface area contributed by atoms with E-state index in [2.05, 4.69) is 6.92 Å². The molecule has 0 spiro atoms. The predicted octanol–water partition coefficient (Wildman–Crippen LogP) is 2.73. The van der Waals surface area contributed by atoms with Crippen LogP contribution >= 0.6 is 0 Å². The van der Waals surface area contributed by atoms with E-state index in [0.717, 1.165) is 29.7 Å². The molecule has 1 heterocycles. The van der Waals surface area contributed by atoms with Crippen LogP contribution in [0.1, 0.15) is 43.7 Å². The molecule has 0 bridgehead atoms. The Morgan fingerprint density at radius 3 is 2.70 bits per heavy atom. The van der Waals surface area contributed by atoms with Crippen LogP contribution in [-0.4, -0.2) is 37.5 Å². The molecule has 1 aromatic rings. The van der Waals surface area contributed by atoms with E-state index in [1.165, 1.54) is 7.11 Å². The minimum Gasteiger partial charge on any atom is -0.497 e. The Bertz CT molecular complexity index is 584. The van der Waals surface area contributed by atoms with Gasteiger partial charge in [-0.15, -0.1) is 0 Å². The molecule has 0 radical (unpaired) electrons. The molecule has 0 fully saturated rings. The number of benzene rings is 1. The van der Waals surface area contributed by atoms with Crippen molar-refractivity contribution < 1.29 is 19.1 Å². The molecule has 2 unspecified atom stereocenters. The predicted molar refractivity (Wildman–Crippen MR) is 87.2 cm³/mol. The Labute approximate surface area is 137 Å². The maximum absolute atomic E-state index is 12.9. The summed E-state index contributed by atoms with van der Waals surface area (Å²) in [5, 5.41) is 0. The molecule has 1 amide bonds. The van der Waals surface area contributed by atoms with Crippen molar-refractivity contribution in [3.8, 4) is 5.75 Å². The third kappa shape index (κ3) is 3.49. The van der Waals surface area contributed by atoms with Gasteiger partial charge in [-0.25, -0.2) is 0 Å². The van der Waals surface area contributed by atoms with Crippen LogP contribution < -0.4 is 4.74 Å². The fourth-order valence-corrected chi connectivity index (χ4v) is 3.13. The Kier molecular flexibility index (Phi) is 5.64. The van der Waals surface area contributed by atoms with Crippen LogP contribution in [0.5, 0.6) is 5.75 Å². The smallest absolute Gasteiger partial charge is 0.318 e. The Hall–Kier alpha value is -2.04.